The number of rotatable bonds is 4. The molecule has 10 heteroatoms. The predicted molar refractivity (Wildman–Crippen MR) is 134 cm³/mol. The second kappa shape index (κ2) is 9.40. The summed E-state index contributed by atoms with van der Waals surface area (Å²) in [6.45, 7) is 6.08. The maximum atomic E-state index is 5.69. The zero-order valence-corrected chi connectivity index (χ0v) is 19.3. The zero-order chi connectivity index (χ0) is 23.6. The Kier molecular flexibility index (Phi) is 5.81. The van der Waals surface area contributed by atoms with Crippen LogP contribution in [0.5, 0.6) is 0 Å². The van der Waals surface area contributed by atoms with Crippen molar-refractivity contribution in [2.75, 3.05) is 68.1 Å². The number of nitrogen functional groups attached to an aromatic ring is 1. The molecule has 2 fully saturated rings. The highest BCUT2D eigenvalue weighted by atomic mass is 16.5. The van der Waals surface area contributed by atoms with E-state index in [9.17, 15) is 0 Å². The first-order valence-corrected chi connectivity index (χ1v) is 11.8. The molecular weight excluding hydrogens is 444 g/mol. The van der Waals surface area contributed by atoms with Gasteiger partial charge in [-0.25, -0.2) is 19.9 Å². The van der Waals surface area contributed by atoms with Crippen molar-refractivity contribution in [3.8, 4) is 22.5 Å². The van der Waals surface area contributed by atoms with Crippen molar-refractivity contribution >= 4 is 28.5 Å². The fraction of sp³-hybridized carbons (Fsp3) is 0.320. The van der Waals surface area contributed by atoms with Crippen LogP contribution >= 0.6 is 0 Å². The van der Waals surface area contributed by atoms with Gasteiger partial charge >= 0.3 is 0 Å². The van der Waals surface area contributed by atoms with Crippen LogP contribution in [-0.2, 0) is 9.47 Å². The van der Waals surface area contributed by atoms with Gasteiger partial charge in [0.2, 0.25) is 5.95 Å². The summed E-state index contributed by atoms with van der Waals surface area (Å²) < 4.78 is 11.1. The van der Waals surface area contributed by atoms with Gasteiger partial charge in [0.15, 0.2) is 11.6 Å². The van der Waals surface area contributed by atoms with Gasteiger partial charge < -0.3 is 25.0 Å². The second-order valence-corrected chi connectivity index (χ2v) is 8.54. The van der Waals surface area contributed by atoms with Crippen LogP contribution in [0.4, 0.5) is 17.5 Å². The third-order valence-corrected chi connectivity index (χ3v) is 6.31. The van der Waals surface area contributed by atoms with Gasteiger partial charge in [0.25, 0.3) is 0 Å². The average molecular weight is 471 g/mol. The molecule has 178 valence electrons. The number of morpholine rings is 2. The Balaban J connectivity index is 1.44. The van der Waals surface area contributed by atoms with Crippen molar-refractivity contribution < 1.29 is 9.47 Å². The number of hydrogen-bond donors (Lipinski definition) is 1. The van der Waals surface area contributed by atoms with Crippen molar-refractivity contribution in [3.05, 3.63) is 48.9 Å². The molecule has 2 saturated heterocycles. The number of ether oxygens (including phenoxy) is 2. The number of aromatic nitrogens is 5. The molecule has 10 nitrogen and oxygen atoms in total. The molecule has 0 bridgehead atoms. The van der Waals surface area contributed by atoms with E-state index in [4.69, 9.17) is 30.2 Å². The van der Waals surface area contributed by atoms with Crippen LogP contribution in [0.1, 0.15) is 0 Å². The van der Waals surface area contributed by atoms with E-state index in [0.29, 0.717) is 24.6 Å². The van der Waals surface area contributed by atoms with E-state index in [2.05, 4.69) is 50.1 Å². The molecule has 0 saturated carbocycles. The maximum absolute atomic E-state index is 5.69. The van der Waals surface area contributed by atoms with E-state index >= 15 is 0 Å². The summed E-state index contributed by atoms with van der Waals surface area (Å²) in [5.41, 5.74) is 11.2. The SMILES string of the molecule is Nc1ncc(-c2nc(N3CCOCC3)c3ncc(-c4cccc(N5CCOCC5)c4)cc3n2)cn1. The summed E-state index contributed by atoms with van der Waals surface area (Å²) in [5.74, 6) is 1.55. The van der Waals surface area contributed by atoms with Crippen LogP contribution in [-0.4, -0.2) is 77.5 Å². The third-order valence-electron chi connectivity index (χ3n) is 6.31. The van der Waals surface area contributed by atoms with Crippen LogP contribution in [0, 0.1) is 0 Å². The molecule has 1 aromatic carbocycles. The predicted octanol–water partition coefficient (Wildman–Crippen LogP) is 2.40. The Hall–Kier alpha value is -3.89. The van der Waals surface area contributed by atoms with E-state index in [1.807, 2.05) is 6.20 Å². The first-order chi connectivity index (χ1) is 17.2. The Morgan fingerprint density at radius 1 is 0.714 bits per heavy atom. The lowest BCUT2D eigenvalue weighted by Gasteiger charge is -2.29. The zero-order valence-electron chi connectivity index (χ0n) is 19.3. The molecule has 2 aliphatic rings. The van der Waals surface area contributed by atoms with Crippen LogP contribution in [0.15, 0.2) is 48.9 Å². The fourth-order valence-corrected chi connectivity index (χ4v) is 4.44. The number of benzene rings is 1. The second-order valence-electron chi connectivity index (χ2n) is 8.54. The number of hydrogen-bond acceptors (Lipinski definition) is 10. The molecule has 0 amide bonds. The summed E-state index contributed by atoms with van der Waals surface area (Å²) in [7, 11) is 0. The van der Waals surface area contributed by atoms with Crippen LogP contribution < -0.4 is 15.5 Å². The lowest BCUT2D eigenvalue weighted by Crippen LogP contribution is -2.37. The molecule has 2 aliphatic heterocycles. The number of anilines is 3. The lowest BCUT2D eigenvalue weighted by atomic mass is 10.1. The highest BCUT2D eigenvalue weighted by molar-refractivity contribution is 5.90. The van der Waals surface area contributed by atoms with E-state index in [1.54, 1.807) is 12.4 Å². The standard InChI is InChI=1S/C25H26N8O2/c26-25-28-15-19(16-29-25)23-30-21-13-18(14-27-22(21)24(31-23)33-6-10-35-11-7-33)17-2-1-3-20(12-17)32-4-8-34-9-5-32/h1-3,12-16H,4-11H2,(H2,26,28,29). The summed E-state index contributed by atoms with van der Waals surface area (Å²) in [5, 5.41) is 0. The summed E-state index contributed by atoms with van der Waals surface area (Å²) >= 11 is 0. The lowest BCUT2D eigenvalue weighted by molar-refractivity contribution is 0.122. The summed E-state index contributed by atoms with van der Waals surface area (Å²) in [6.07, 6.45) is 5.20. The highest BCUT2D eigenvalue weighted by Gasteiger charge is 2.20. The van der Waals surface area contributed by atoms with Crippen LogP contribution in [0.25, 0.3) is 33.5 Å². The number of nitrogens with two attached hydrogens (primary N) is 1. The largest absolute Gasteiger partial charge is 0.378 e. The van der Waals surface area contributed by atoms with Gasteiger partial charge in [-0.15, -0.1) is 0 Å². The van der Waals surface area contributed by atoms with Crippen molar-refractivity contribution in [1.29, 1.82) is 0 Å². The topological polar surface area (TPSA) is 115 Å². The van der Waals surface area contributed by atoms with E-state index in [0.717, 1.165) is 67.4 Å². The minimum atomic E-state index is 0.215. The molecular formula is C25H26N8O2. The van der Waals surface area contributed by atoms with Crippen molar-refractivity contribution in [2.24, 2.45) is 0 Å². The first kappa shape index (κ1) is 21.6. The van der Waals surface area contributed by atoms with E-state index in [-0.39, 0.29) is 5.95 Å². The molecule has 2 N–H and O–H groups in total. The summed E-state index contributed by atoms with van der Waals surface area (Å²) in [6, 6.07) is 10.6. The maximum Gasteiger partial charge on any atom is 0.219 e. The van der Waals surface area contributed by atoms with Crippen molar-refractivity contribution in [3.63, 3.8) is 0 Å². The van der Waals surface area contributed by atoms with E-state index in [1.165, 1.54) is 5.69 Å². The Bertz CT molecular complexity index is 1340. The summed E-state index contributed by atoms with van der Waals surface area (Å²) in [4.78, 5) is 27.3. The molecule has 6 rings (SSSR count). The molecule has 0 aliphatic carbocycles. The number of fused-ring (bicyclic) bond motifs is 1. The molecule has 4 aromatic rings. The van der Waals surface area contributed by atoms with Crippen LogP contribution in [0.2, 0.25) is 0 Å². The molecule has 0 atom stereocenters. The van der Waals surface area contributed by atoms with Gasteiger partial charge in [0.1, 0.15) is 5.52 Å². The van der Waals surface area contributed by atoms with Gasteiger partial charge in [-0.2, -0.15) is 0 Å². The van der Waals surface area contributed by atoms with Crippen molar-refractivity contribution in [2.45, 2.75) is 0 Å². The Labute approximate surface area is 202 Å². The minimum absolute atomic E-state index is 0.215. The quantitative estimate of drug-likeness (QED) is 0.477. The molecule has 0 radical (unpaired) electrons. The molecule has 35 heavy (non-hydrogen) atoms. The molecule has 0 spiro atoms. The smallest absolute Gasteiger partial charge is 0.219 e. The van der Waals surface area contributed by atoms with Crippen molar-refractivity contribution in [1.82, 2.24) is 24.9 Å². The molecule has 5 heterocycles. The monoisotopic (exact) mass is 470 g/mol. The van der Waals surface area contributed by atoms with Crippen LogP contribution in [0.3, 0.4) is 0 Å². The van der Waals surface area contributed by atoms with Gasteiger partial charge in [-0.05, 0) is 23.8 Å². The van der Waals surface area contributed by atoms with Gasteiger partial charge in [-0.1, -0.05) is 12.1 Å². The Morgan fingerprint density at radius 2 is 1.40 bits per heavy atom. The van der Waals surface area contributed by atoms with Gasteiger partial charge in [-0.3, -0.25) is 4.98 Å². The Morgan fingerprint density at radius 3 is 2.14 bits per heavy atom. The van der Waals surface area contributed by atoms with E-state index < -0.39 is 0 Å². The average Bonchev–Trinajstić information content (AvgIpc) is 2.93. The molecule has 0 unspecified atom stereocenters. The third kappa shape index (κ3) is 4.45. The molecule has 3 aromatic heterocycles. The normalized spacial score (nSPS) is 16.6. The van der Waals surface area contributed by atoms with Gasteiger partial charge in [0, 0.05) is 56.0 Å². The van der Waals surface area contributed by atoms with Gasteiger partial charge in [0.05, 0.1) is 37.5 Å². The minimum Gasteiger partial charge on any atom is -0.378 e. The first-order valence-electron chi connectivity index (χ1n) is 11.8. The highest BCUT2D eigenvalue weighted by Crippen LogP contribution is 2.31. The number of nitrogens with zero attached hydrogens (tertiary/aromatic N) is 7. The number of pyridine rings is 1. The fourth-order valence-electron chi connectivity index (χ4n) is 4.44.